The molecule has 0 bridgehead atoms. The number of carbonyl (C=O) groups excluding carboxylic acids is 1. The van der Waals surface area contributed by atoms with Crippen LogP contribution in [0.4, 0.5) is 8.78 Å². The highest BCUT2D eigenvalue weighted by atomic mass is 79.9. The number of para-hydroxylation sites is 1. The third-order valence-corrected chi connectivity index (χ3v) is 3.14. The highest BCUT2D eigenvalue weighted by molar-refractivity contribution is 9.10. The van der Waals surface area contributed by atoms with Crippen molar-refractivity contribution in [1.82, 2.24) is 5.32 Å². The number of alkyl halides is 2. The van der Waals surface area contributed by atoms with Crippen LogP contribution in [0.3, 0.4) is 0 Å². The maximum atomic E-state index is 12.8. The summed E-state index contributed by atoms with van der Waals surface area (Å²) in [4.78, 5) is 11.3. The lowest BCUT2D eigenvalue weighted by atomic mass is 10.3. The molecule has 0 heterocycles. The van der Waals surface area contributed by atoms with E-state index in [9.17, 15) is 13.6 Å². The summed E-state index contributed by atoms with van der Waals surface area (Å²) in [5.74, 6) is -2.81. The summed E-state index contributed by atoms with van der Waals surface area (Å²) in [5.41, 5.74) is 4.87. The number of hydrogen-bond donors (Lipinski definition) is 2. The molecule has 7 heteroatoms. The number of hydrogen-bond acceptors (Lipinski definition) is 3. The summed E-state index contributed by atoms with van der Waals surface area (Å²) in [7, 11) is 0. The zero-order valence-corrected chi connectivity index (χ0v) is 12.5. The zero-order valence-electron chi connectivity index (χ0n) is 10.9. The van der Waals surface area contributed by atoms with Gasteiger partial charge in [0.15, 0.2) is 0 Å². The van der Waals surface area contributed by atoms with Gasteiger partial charge in [0.2, 0.25) is 5.91 Å². The first-order chi connectivity index (χ1) is 9.44. The molecule has 0 aromatic heterocycles. The maximum Gasteiger partial charge on any atom is 0.277 e. The number of amides is 1. The highest BCUT2D eigenvalue weighted by Crippen LogP contribution is 2.23. The van der Waals surface area contributed by atoms with E-state index >= 15 is 0 Å². The van der Waals surface area contributed by atoms with Crippen LogP contribution in [0.5, 0.6) is 5.75 Å². The molecule has 0 spiro atoms. The predicted octanol–water partition coefficient (Wildman–Crippen LogP) is 2.32. The average molecular weight is 351 g/mol. The molecule has 0 aliphatic rings. The number of benzene rings is 1. The predicted molar refractivity (Wildman–Crippen MR) is 75.9 cm³/mol. The van der Waals surface area contributed by atoms with Crippen molar-refractivity contribution >= 4 is 21.8 Å². The van der Waals surface area contributed by atoms with Crippen molar-refractivity contribution in [2.75, 3.05) is 19.7 Å². The molecule has 20 heavy (non-hydrogen) atoms. The van der Waals surface area contributed by atoms with Crippen LogP contribution >= 0.6 is 15.9 Å². The van der Waals surface area contributed by atoms with E-state index in [4.69, 9.17) is 10.5 Å². The molecule has 0 saturated carbocycles. The third kappa shape index (κ3) is 6.29. The Morgan fingerprint density at radius 1 is 1.40 bits per heavy atom. The van der Waals surface area contributed by atoms with Gasteiger partial charge in [0, 0.05) is 6.42 Å². The van der Waals surface area contributed by atoms with Crippen LogP contribution in [0, 0.1) is 0 Å². The monoisotopic (exact) mass is 350 g/mol. The lowest BCUT2D eigenvalue weighted by Gasteiger charge is -2.14. The highest BCUT2D eigenvalue weighted by Gasteiger charge is 2.26. The van der Waals surface area contributed by atoms with Crippen LogP contribution < -0.4 is 15.8 Å². The summed E-state index contributed by atoms with van der Waals surface area (Å²) >= 11 is 3.33. The van der Waals surface area contributed by atoms with Crippen molar-refractivity contribution in [3.8, 4) is 5.75 Å². The van der Waals surface area contributed by atoms with Gasteiger partial charge in [0.1, 0.15) is 5.75 Å². The smallest absolute Gasteiger partial charge is 0.277 e. The largest absolute Gasteiger partial charge is 0.492 e. The van der Waals surface area contributed by atoms with Gasteiger partial charge in [-0.3, -0.25) is 4.79 Å². The average Bonchev–Trinajstić information content (AvgIpc) is 2.43. The Morgan fingerprint density at radius 3 is 2.75 bits per heavy atom. The summed E-state index contributed by atoms with van der Waals surface area (Å²) in [6, 6.07) is 7.34. The fraction of sp³-hybridized carbons (Fsp3) is 0.462. The van der Waals surface area contributed by atoms with E-state index in [-0.39, 0.29) is 6.42 Å². The fourth-order valence-corrected chi connectivity index (χ4v) is 1.76. The third-order valence-electron chi connectivity index (χ3n) is 2.49. The number of rotatable bonds is 8. The Labute approximate surface area is 124 Å². The number of carbonyl (C=O) groups is 1. The molecule has 0 saturated heterocycles. The molecule has 0 radical (unpaired) electrons. The molecular weight excluding hydrogens is 334 g/mol. The molecule has 4 nitrogen and oxygen atoms in total. The van der Waals surface area contributed by atoms with Gasteiger partial charge in [0.05, 0.1) is 24.2 Å². The second-order valence-corrected chi connectivity index (χ2v) is 5.07. The number of halogens is 3. The molecule has 0 fully saturated rings. The molecule has 0 aliphatic heterocycles. The molecular formula is C13H17BrF2N2O2. The van der Waals surface area contributed by atoms with Gasteiger partial charge in [-0.15, -0.1) is 0 Å². The topological polar surface area (TPSA) is 64.3 Å². The zero-order chi connectivity index (χ0) is 15.0. The van der Waals surface area contributed by atoms with Gasteiger partial charge in [-0.05, 0) is 34.5 Å². The molecule has 1 amide bonds. The summed E-state index contributed by atoms with van der Waals surface area (Å²) in [6.07, 6.45) is 0.576. The van der Waals surface area contributed by atoms with Crippen LogP contribution in [0.2, 0.25) is 0 Å². The van der Waals surface area contributed by atoms with Crippen molar-refractivity contribution < 1.29 is 18.3 Å². The first-order valence-corrected chi connectivity index (χ1v) is 6.96. The van der Waals surface area contributed by atoms with E-state index in [0.717, 1.165) is 4.47 Å². The first-order valence-electron chi connectivity index (χ1n) is 6.16. The lowest BCUT2D eigenvalue weighted by molar-refractivity contribution is -0.123. The van der Waals surface area contributed by atoms with Gasteiger partial charge in [-0.2, -0.15) is 0 Å². The Hall–Kier alpha value is -1.21. The van der Waals surface area contributed by atoms with E-state index in [0.29, 0.717) is 18.8 Å². The van der Waals surface area contributed by atoms with Gasteiger partial charge >= 0.3 is 0 Å². The lowest BCUT2D eigenvalue weighted by Crippen LogP contribution is -2.41. The number of nitrogens with two attached hydrogens (primary N) is 1. The second kappa shape index (κ2) is 8.16. The fourth-order valence-electron chi connectivity index (χ4n) is 1.37. The maximum absolute atomic E-state index is 12.8. The molecule has 0 aliphatic carbocycles. The summed E-state index contributed by atoms with van der Waals surface area (Å²) in [5, 5.41) is 2.15. The van der Waals surface area contributed by atoms with Crippen LogP contribution in [0.25, 0.3) is 0 Å². The van der Waals surface area contributed by atoms with Crippen molar-refractivity contribution in [1.29, 1.82) is 0 Å². The number of ether oxygens (including phenoxy) is 1. The van der Waals surface area contributed by atoms with Crippen molar-refractivity contribution in [3.63, 3.8) is 0 Å². The van der Waals surface area contributed by atoms with Crippen LogP contribution in [0.15, 0.2) is 28.7 Å². The first kappa shape index (κ1) is 16.8. The molecule has 0 unspecified atom stereocenters. The van der Waals surface area contributed by atoms with E-state index in [1.807, 2.05) is 18.2 Å². The van der Waals surface area contributed by atoms with Gasteiger partial charge < -0.3 is 15.8 Å². The Bertz CT molecular complexity index is 444. The van der Waals surface area contributed by atoms with Crippen LogP contribution in [-0.2, 0) is 4.79 Å². The van der Waals surface area contributed by atoms with Gasteiger partial charge in [-0.1, -0.05) is 12.1 Å². The molecule has 3 N–H and O–H groups in total. The van der Waals surface area contributed by atoms with E-state index in [2.05, 4.69) is 21.2 Å². The van der Waals surface area contributed by atoms with Crippen LogP contribution in [-0.4, -0.2) is 31.5 Å². The van der Waals surface area contributed by atoms with E-state index in [1.165, 1.54) is 0 Å². The van der Waals surface area contributed by atoms with Crippen molar-refractivity contribution in [2.45, 2.75) is 18.8 Å². The summed E-state index contributed by atoms with van der Waals surface area (Å²) in [6.45, 7) is -1.17. The van der Waals surface area contributed by atoms with E-state index < -0.39 is 24.9 Å². The minimum Gasteiger partial charge on any atom is -0.492 e. The van der Waals surface area contributed by atoms with Crippen molar-refractivity contribution in [3.05, 3.63) is 28.7 Å². The van der Waals surface area contributed by atoms with Gasteiger partial charge in [0.25, 0.3) is 5.92 Å². The Kier molecular flexibility index (Phi) is 6.87. The normalized spacial score (nSPS) is 11.2. The minimum atomic E-state index is -3.05. The van der Waals surface area contributed by atoms with E-state index in [1.54, 1.807) is 6.07 Å². The second-order valence-electron chi connectivity index (χ2n) is 4.22. The van der Waals surface area contributed by atoms with Crippen molar-refractivity contribution in [2.24, 2.45) is 5.73 Å². The Balaban J connectivity index is 2.18. The van der Waals surface area contributed by atoms with Gasteiger partial charge in [-0.25, -0.2) is 8.78 Å². The molecule has 0 atom stereocenters. The molecule has 1 aromatic carbocycles. The quantitative estimate of drug-likeness (QED) is 0.707. The Morgan fingerprint density at radius 2 is 2.10 bits per heavy atom. The summed E-state index contributed by atoms with van der Waals surface area (Å²) < 4.78 is 31.9. The molecule has 112 valence electrons. The molecule has 1 aromatic rings. The van der Waals surface area contributed by atoms with Crippen LogP contribution in [0.1, 0.15) is 12.8 Å². The molecule has 1 rings (SSSR count). The minimum absolute atomic E-state index is 0.130. The standard InChI is InChI=1S/C13H17BrF2N2O2/c14-10-4-1-2-5-11(10)20-7-3-6-12(19)18-9-13(15,16)8-17/h1-2,4-5H,3,6-9,17H2,(H,18,19). The number of nitrogens with one attached hydrogen (secondary N) is 1. The SMILES string of the molecule is NCC(F)(F)CNC(=O)CCCOc1ccccc1Br.